The zero-order chi connectivity index (χ0) is 18.1. The van der Waals surface area contributed by atoms with E-state index in [1.54, 1.807) is 18.2 Å². The van der Waals surface area contributed by atoms with Crippen LogP contribution in [0.25, 0.3) is 10.9 Å². The predicted octanol–water partition coefficient (Wildman–Crippen LogP) is 3.55. The summed E-state index contributed by atoms with van der Waals surface area (Å²) in [6.45, 7) is 1.14. The Balaban J connectivity index is 1.72. The molecule has 134 valence electrons. The Morgan fingerprint density at radius 1 is 1.27 bits per heavy atom. The average molecular weight is 372 g/mol. The van der Waals surface area contributed by atoms with E-state index in [0.717, 1.165) is 11.8 Å². The highest BCUT2D eigenvalue weighted by atomic mass is 32.1. The third-order valence-electron chi connectivity index (χ3n) is 4.12. The number of nitrogens with two attached hydrogens (primary N) is 1. The van der Waals surface area contributed by atoms with E-state index in [1.807, 2.05) is 0 Å². The van der Waals surface area contributed by atoms with Crippen molar-refractivity contribution < 1.29 is 13.9 Å². The van der Waals surface area contributed by atoms with Gasteiger partial charge in [-0.3, -0.25) is 0 Å². The van der Waals surface area contributed by atoms with E-state index in [1.165, 1.54) is 18.5 Å². The van der Waals surface area contributed by atoms with Crippen molar-refractivity contribution in [1.29, 1.82) is 0 Å². The number of halogens is 1. The molecule has 0 saturated carbocycles. The van der Waals surface area contributed by atoms with Gasteiger partial charge in [0.2, 0.25) is 0 Å². The van der Waals surface area contributed by atoms with Crippen molar-refractivity contribution in [3.63, 3.8) is 0 Å². The van der Waals surface area contributed by atoms with E-state index in [4.69, 9.17) is 15.2 Å². The number of nitrogens with zero attached hydrogens (tertiary/aromatic N) is 2. The minimum absolute atomic E-state index is 0.0975. The van der Waals surface area contributed by atoms with Crippen LogP contribution in [0.5, 0.6) is 5.75 Å². The molecule has 1 aromatic heterocycles. The molecule has 3 N–H and O–H groups in total. The minimum atomic E-state index is -0.375. The number of nitrogens with one attached hydrogen (secondary N) is 1. The number of nitrogen functional groups attached to an aromatic ring is 1. The van der Waals surface area contributed by atoms with Gasteiger partial charge >= 0.3 is 0 Å². The number of fused-ring (bicyclic) bond motifs is 1. The third-order valence-corrected chi connectivity index (χ3v) is 4.47. The largest absolute Gasteiger partial charge is 0.486 e. The lowest BCUT2D eigenvalue weighted by atomic mass is 10.2. The Kier molecular flexibility index (Phi) is 4.52. The summed E-state index contributed by atoms with van der Waals surface area (Å²) < 4.78 is 25.0. The maximum absolute atomic E-state index is 13.7. The predicted molar refractivity (Wildman–Crippen MR) is 101 cm³/mol. The molecular weight excluding hydrogens is 355 g/mol. The summed E-state index contributed by atoms with van der Waals surface area (Å²) in [7, 11) is 0. The van der Waals surface area contributed by atoms with Gasteiger partial charge in [0.1, 0.15) is 29.8 Å². The molecule has 1 saturated heterocycles. The molecule has 8 heteroatoms. The van der Waals surface area contributed by atoms with Gasteiger partial charge < -0.3 is 20.5 Å². The Hall–Kier alpha value is -2.58. The maximum Gasteiger partial charge on any atom is 0.146 e. The molecule has 1 aliphatic heterocycles. The van der Waals surface area contributed by atoms with Gasteiger partial charge in [0.05, 0.1) is 29.8 Å². The third kappa shape index (κ3) is 3.38. The van der Waals surface area contributed by atoms with Gasteiger partial charge in [-0.05, 0) is 24.3 Å². The fraction of sp³-hybridized carbons (Fsp3) is 0.222. The molecule has 6 nitrogen and oxygen atoms in total. The molecule has 3 aromatic rings. The molecule has 1 fully saturated rings. The highest BCUT2D eigenvalue weighted by molar-refractivity contribution is 7.80. The average Bonchev–Trinajstić information content (AvgIpc) is 3.10. The lowest BCUT2D eigenvalue weighted by molar-refractivity contribution is 0.141. The fourth-order valence-corrected chi connectivity index (χ4v) is 3.26. The zero-order valence-electron chi connectivity index (χ0n) is 13.8. The second-order valence-corrected chi connectivity index (χ2v) is 6.51. The quantitative estimate of drug-likeness (QED) is 0.480. The van der Waals surface area contributed by atoms with Crippen LogP contribution >= 0.6 is 12.6 Å². The van der Waals surface area contributed by atoms with Gasteiger partial charge in [0.15, 0.2) is 0 Å². The Labute approximate surface area is 155 Å². The first-order valence-electron chi connectivity index (χ1n) is 8.14. The highest BCUT2D eigenvalue weighted by Crippen LogP contribution is 2.34. The van der Waals surface area contributed by atoms with Crippen molar-refractivity contribution in [2.75, 3.05) is 24.3 Å². The van der Waals surface area contributed by atoms with E-state index in [0.29, 0.717) is 46.6 Å². The van der Waals surface area contributed by atoms with Gasteiger partial charge in [0.25, 0.3) is 0 Å². The van der Waals surface area contributed by atoms with Crippen LogP contribution in [0.15, 0.2) is 41.6 Å². The van der Waals surface area contributed by atoms with E-state index >= 15 is 0 Å². The molecule has 2 heterocycles. The van der Waals surface area contributed by atoms with Crippen LogP contribution in [-0.2, 0) is 4.74 Å². The number of benzene rings is 2. The van der Waals surface area contributed by atoms with Gasteiger partial charge in [-0.2, -0.15) is 0 Å². The molecule has 0 radical (unpaired) electrons. The molecule has 1 atom stereocenters. The number of rotatable bonds is 4. The van der Waals surface area contributed by atoms with Crippen molar-refractivity contribution in [3.05, 3.63) is 42.5 Å². The first-order chi connectivity index (χ1) is 12.6. The standard InChI is InChI=1S/C18H17FN4O2S/c19-10-1-2-13(15(5-10)25-12-3-4-24-8-12)23-18-17-14(21-9-22-18)6-11(20)7-16(17)26/h1-2,5-7,9,12,26H,3-4,8,20H2,(H,21,22,23). The van der Waals surface area contributed by atoms with Crippen molar-refractivity contribution in [3.8, 4) is 5.75 Å². The number of thiol groups is 1. The molecule has 0 spiro atoms. The van der Waals surface area contributed by atoms with E-state index in [9.17, 15) is 4.39 Å². The van der Waals surface area contributed by atoms with Crippen molar-refractivity contribution in [2.24, 2.45) is 0 Å². The zero-order valence-corrected chi connectivity index (χ0v) is 14.7. The maximum atomic E-state index is 13.7. The molecule has 0 amide bonds. The van der Waals surface area contributed by atoms with E-state index in [-0.39, 0.29) is 11.9 Å². The van der Waals surface area contributed by atoms with Gasteiger partial charge in [-0.15, -0.1) is 12.6 Å². The summed E-state index contributed by atoms with van der Waals surface area (Å²) in [5, 5.41) is 3.93. The number of hydrogen-bond acceptors (Lipinski definition) is 7. The molecule has 0 aliphatic carbocycles. The number of hydrogen-bond donors (Lipinski definition) is 3. The number of anilines is 3. The Morgan fingerprint density at radius 3 is 2.96 bits per heavy atom. The second-order valence-electron chi connectivity index (χ2n) is 6.03. The SMILES string of the molecule is Nc1cc(S)c2c(Nc3ccc(F)cc3OC3CCOC3)ncnc2c1. The molecular formula is C18H17FN4O2S. The van der Waals surface area contributed by atoms with E-state index in [2.05, 4.69) is 27.9 Å². The van der Waals surface area contributed by atoms with Crippen LogP contribution in [0.3, 0.4) is 0 Å². The second kappa shape index (κ2) is 6.97. The summed E-state index contributed by atoms with van der Waals surface area (Å²) in [5.74, 6) is 0.572. The van der Waals surface area contributed by atoms with Crippen molar-refractivity contribution in [1.82, 2.24) is 9.97 Å². The summed E-state index contributed by atoms with van der Waals surface area (Å²) in [6.07, 6.45) is 2.11. The van der Waals surface area contributed by atoms with Crippen molar-refractivity contribution in [2.45, 2.75) is 17.4 Å². The van der Waals surface area contributed by atoms with Crippen LogP contribution in [0.2, 0.25) is 0 Å². The first-order valence-corrected chi connectivity index (χ1v) is 8.59. The Bertz CT molecular complexity index is 963. The van der Waals surface area contributed by atoms with Crippen LogP contribution in [0.1, 0.15) is 6.42 Å². The fourth-order valence-electron chi connectivity index (χ4n) is 2.90. The highest BCUT2D eigenvalue weighted by Gasteiger charge is 2.20. The smallest absolute Gasteiger partial charge is 0.146 e. The minimum Gasteiger partial charge on any atom is -0.486 e. The summed E-state index contributed by atoms with van der Waals surface area (Å²) in [5.41, 5.74) is 7.69. The van der Waals surface area contributed by atoms with Crippen LogP contribution < -0.4 is 15.8 Å². The first kappa shape index (κ1) is 16.9. The van der Waals surface area contributed by atoms with E-state index < -0.39 is 0 Å². The Morgan fingerprint density at radius 2 is 2.15 bits per heavy atom. The molecule has 1 aliphatic rings. The van der Waals surface area contributed by atoms with Crippen LogP contribution in [0, 0.1) is 5.82 Å². The van der Waals surface area contributed by atoms with Crippen molar-refractivity contribution >= 4 is 40.7 Å². The normalized spacial score (nSPS) is 16.8. The molecule has 1 unspecified atom stereocenters. The molecule has 0 bridgehead atoms. The lowest BCUT2D eigenvalue weighted by Gasteiger charge is -2.17. The monoisotopic (exact) mass is 372 g/mol. The summed E-state index contributed by atoms with van der Waals surface area (Å²) in [4.78, 5) is 9.19. The van der Waals surface area contributed by atoms with Gasteiger partial charge in [-0.25, -0.2) is 14.4 Å². The molecule has 2 aromatic carbocycles. The van der Waals surface area contributed by atoms with Gasteiger partial charge in [-0.1, -0.05) is 0 Å². The van der Waals surface area contributed by atoms with Gasteiger partial charge in [0, 0.05) is 23.1 Å². The summed E-state index contributed by atoms with van der Waals surface area (Å²) in [6, 6.07) is 7.81. The lowest BCUT2D eigenvalue weighted by Crippen LogP contribution is -2.16. The van der Waals surface area contributed by atoms with Crippen LogP contribution in [0.4, 0.5) is 21.6 Å². The topological polar surface area (TPSA) is 82.3 Å². The molecule has 4 rings (SSSR count). The number of aromatic nitrogens is 2. The summed E-state index contributed by atoms with van der Waals surface area (Å²) >= 11 is 4.48. The molecule has 26 heavy (non-hydrogen) atoms. The van der Waals surface area contributed by atoms with Crippen LogP contribution in [-0.4, -0.2) is 29.3 Å². The number of ether oxygens (including phenoxy) is 2.